The van der Waals surface area contributed by atoms with Gasteiger partial charge >= 0.3 is 11.9 Å². The van der Waals surface area contributed by atoms with Crippen LogP contribution in [0.3, 0.4) is 0 Å². The lowest BCUT2D eigenvalue weighted by Crippen LogP contribution is -2.59. The van der Waals surface area contributed by atoms with Crippen LogP contribution in [0.15, 0.2) is 78.4 Å². The van der Waals surface area contributed by atoms with Crippen molar-refractivity contribution >= 4 is 18.0 Å². The Bertz CT molecular complexity index is 1610. The SMILES string of the molecule is CC[C@H]1OC(=O)[C@H](C)[C@H](OC(=O)c2ccccc2)[C@H](C)[C@@H](O[C@@H]2O[C@H](C)C[C@H](N(C)C)[C@H]2O)[C@](C)(OC)C[C@@H](C)/C=C(/C)[C@@H](C/C=C/c2ccccc2)[C@]1(C)O. The number of hydrogen-bond donors (Lipinski definition) is 2. The highest BCUT2D eigenvalue weighted by Crippen LogP contribution is 2.41. The summed E-state index contributed by atoms with van der Waals surface area (Å²) in [7, 11) is 5.46. The molecular formula is C46H67NO9. The summed E-state index contributed by atoms with van der Waals surface area (Å²) in [6.45, 7) is 15.2. The van der Waals surface area contributed by atoms with E-state index in [1.165, 1.54) is 0 Å². The monoisotopic (exact) mass is 777 g/mol. The van der Waals surface area contributed by atoms with Gasteiger partial charge in [-0.15, -0.1) is 0 Å². The van der Waals surface area contributed by atoms with Crippen LogP contribution in [0.2, 0.25) is 0 Å². The minimum atomic E-state index is -1.46. The summed E-state index contributed by atoms with van der Waals surface area (Å²) >= 11 is 0. The lowest BCUT2D eigenvalue weighted by Gasteiger charge is -2.48. The first kappa shape index (κ1) is 45.3. The first-order chi connectivity index (χ1) is 26.4. The minimum Gasteiger partial charge on any atom is -0.459 e. The predicted octanol–water partition coefficient (Wildman–Crippen LogP) is 7.48. The van der Waals surface area contributed by atoms with E-state index in [-0.39, 0.29) is 18.1 Å². The molecule has 310 valence electrons. The second kappa shape index (κ2) is 19.9. The molecule has 0 saturated carbocycles. The molecular weight excluding hydrogens is 711 g/mol. The van der Waals surface area contributed by atoms with E-state index in [2.05, 4.69) is 19.1 Å². The molecule has 0 bridgehead atoms. The molecule has 0 aromatic heterocycles. The fraction of sp³-hybridized carbons (Fsp3) is 0.609. The van der Waals surface area contributed by atoms with Gasteiger partial charge in [-0.25, -0.2) is 4.79 Å². The topological polar surface area (TPSA) is 124 Å². The van der Waals surface area contributed by atoms with Crippen molar-refractivity contribution in [2.45, 2.75) is 135 Å². The quantitative estimate of drug-likeness (QED) is 0.186. The number of hydrogen-bond acceptors (Lipinski definition) is 10. The molecule has 0 unspecified atom stereocenters. The minimum absolute atomic E-state index is 0.0893. The Hall–Kier alpha value is -3.38. The van der Waals surface area contributed by atoms with Crippen molar-refractivity contribution in [1.29, 1.82) is 0 Å². The van der Waals surface area contributed by atoms with Crippen LogP contribution >= 0.6 is 0 Å². The molecule has 10 heteroatoms. The van der Waals surface area contributed by atoms with Crippen LogP contribution < -0.4 is 0 Å². The molecule has 0 amide bonds. The van der Waals surface area contributed by atoms with Gasteiger partial charge in [0.25, 0.3) is 0 Å². The number of aliphatic hydroxyl groups excluding tert-OH is 1. The molecule has 2 aliphatic rings. The van der Waals surface area contributed by atoms with Crippen molar-refractivity contribution < 1.29 is 43.5 Å². The summed E-state index contributed by atoms with van der Waals surface area (Å²) in [5.41, 5.74) is -0.180. The Morgan fingerprint density at radius 3 is 2.23 bits per heavy atom. The average Bonchev–Trinajstić information content (AvgIpc) is 3.16. The molecule has 1 fully saturated rings. The van der Waals surface area contributed by atoms with E-state index in [4.69, 9.17) is 23.7 Å². The number of nitrogens with zero attached hydrogens (tertiary/aromatic N) is 1. The number of allylic oxidation sites excluding steroid dienone is 2. The fourth-order valence-corrected chi connectivity index (χ4v) is 8.82. The average molecular weight is 778 g/mol. The number of cyclic esters (lactones) is 1. The Morgan fingerprint density at radius 1 is 1.02 bits per heavy atom. The third-order valence-electron chi connectivity index (χ3n) is 12.0. The van der Waals surface area contributed by atoms with Gasteiger partial charge in [0, 0.05) is 25.0 Å². The number of carbonyl (C=O) groups excluding carboxylic acids is 2. The second-order valence-electron chi connectivity index (χ2n) is 16.8. The molecule has 2 aliphatic heterocycles. The largest absolute Gasteiger partial charge is 0.459 e. The zero-order valence-corrected chi connectivity index (χ0v) is 35.4. The summed E-state index contributed by atoms with van der Waals surface area (Å²) in [5.74, 6) is -3.40. The Labute approximate surface area is 335 Å². The first-order valence-electron chi connectivity index (χ1n) is 20.2. The van der Waals surface area contributed by atoms with Crippen LogP contribution in [0.1, 0.15) is 97.0 Å². The lowest BCUT2D eigenvalue weighted by molar-refractivity contribution is -0.301. The molecule has 10 nitrogen and oxygen atoms in total. The van der Waals surface area contributed by atoms with E-state index < -0.39 is 71.6 Å². The van der Waals surface area contributed by atoms with Crippen molar-refractivity contribution in [1.82, 2.24) is 4.90 Å². The summed E-state index contributed by atoms with van der Waals surface area (Å²) in [5, 5.41) is 24.1. The number of methoxy groups -OCH3 is 1. The van der Waals surface area contributed by atoms with Crippen LogP contribution in [0.4, 0.5) is 0 Å². The van der Waals surface area contributed by atoms with Crippen LogP contribution in [-0.2, 0) is 28.5 Å². The maximum atomic E-state index is 14.4. The highest BCUT2D eigenvalue weighted by molar-refractivity contribution is 5.89. The Balaban J connectivity index is 1.86. The number of likely N-dealkylation sites (N-methyl/N-ethyl adjacent to an activating group) is 1. The Kier molecular flexibility index (Phi) is 16.1. The summed E-state index contributed by atoms with van der Waals surface area (Å²) in [6.07, 6.45) is 3.12. The molecule has 4 rings (SSSR count). The molecule has 0 aliphatic carbocycles. The molecule has 13 atom stereocenters. The fourth-order valence-electron chi connectivity index (χ4n) is 8.82. The highest BCUT2D eigenvalue weighted by Gasteiger charge is 2.51. The van der Waals surface area contributed by atoms with Crippen LogP contribution in [0.5, 0.6) is 0 Å². The zero-order chi connectivity index (χ0) is 41.4. The van der Waals surface area contributed by atoms with Gasteiger partial charge in [0.05, 0.1) is 29.3 Å². The van der Waals surface area contributed by atoms with Gasteiger partial charge in [0.2, 0.25) is 0 Å². The second-order valence-corrected chi connectivity index (χ2v) is 16.8. The maximum Gasteiger partial charge on any atom is 0.338 e. The van der Waals surface area contributed by atoms with E-state index >= 15 is 0 Å². The van der Waals surface area contributed by atoms with Crippen molar-refractivity contribution in [2.75, 3.05) is 21.2 Å². The number of carbonyl (C=O) groups is 2. The van der Waals surface area contributed by atoms with Crippen molar-refractivity contribution in [3.63, 3.8) is 0 Å². The lowest BCUT2D eigenvalue weighted by atomic mass is 9.74. The van der Waals surface area contributed by atoms with Gasteiger partial charge in [-0.2, -0.15) is 0 Å². The smallest absolute Gasteiger partial charge is 0.338 e. The maximum absolute atomic E-state index is 14.4. The summed E-state index contributed by atoms with van der Waals surface area (Å²) < 4.78 is 32.2. The molecule has 2 heterocycles. The predicted molar refractivity (Wildman–Crippen MR) is 219 cm³/mol. The normalized spacial score (nSPS) is 37.4. The van der Waals surface area contributed by atoms with E-state index in [0.717, 1.165) is 11.1 Å². The van der Waals surface area contributed by atoms with Crippen LogP contribution in [0.25, 0.3) is 6.08 Å². The van der Waals surface area contributed by atoms with Gasteiger partial charge in [-0.05, 0) is 98.0 Å². The molecule has 2 aromatic rings. The van der Waals surface area contributed by atoms with E-state index in [9.17, 15) is 19.8 Å². The molecule has 0 radical (unpaired) electrons. The number of esters is 2. The zero-order valence-electron chi connectivity index (χ0n) is 35.4. The van der Waals surface area contributed by atoms with E-state index in [1.807, 2.05) is 96.1 Å². The van der Waals surface area contributed by atoms with Gasteiger partial charge < -0.3 is 38.8 Å². The molecule has 2 N–H and O–H groups in total. The van der Waals surface area contributed by atoms with Crippen molar-refractivity contribution in [3.8, 4) is 0 Å². The molecule has 2 aromatic carbocycles. The third-order valence-corrected chi connectivity index (χ3v) is 12.0. The van der Waals surface area contributed by atoms with E-state index in [0.29, 0.717) is 31.2 Å². The highest BCUT2D eigenvalue weighted by atomic mass is 16.7. The Morgan fingerprint density at radius 2 is 1.64 bits per heavy atom. The third kappa shape index (κ3) is 11.0. The van der Waals surface area contributed by atoms with Crippen LogP contribution in [-0.4, -0.2) is 102 Å². The molecule has 1 saturated heterocycles. The van der Waals surface area contributed by atoms with Crippen molar-refractivity contribution in [3.05, 3.63) is 89.5 Å². The first-order valence-corrected chi connectivity index (χ1v) is 20.2. The summed E-state index contributed by atoms with van der Waals surface area (Å²) in [4.78, 5) is 30.2. The number of ether oxygens (including phenoxy) is 5. The van der Waals surface area contributed by atoms with Crippen molar-refractivity contribution in [2.24, 2.45) is 23.7 Å². The summed E-state index contributed by atoms with van der Waals surface area (Å²) in [6, 6.07) is 18.4. The van der Waals surface area contributed by atoms with Gasteiger partial charge in [-0.1, -0.05) is 93.1 Å². The molecule has 0 spiro atoms. The van der Waals surface area contributed by atoms with E-state index in [1.54, 1.807) is 45.2 Å². The molecule has 56 heavy (non-hydrogen) atoms. The van der Waals surface area contributed by atoms with Crippen LogP contribution in [0, 0.1) is 23.7 Å². The number of rotatable bonds is 10. The standard InChI is InChI=1S/C46H67NO9/c1-12-38-46(8,51)36(25-19-22-34-20-15-13-16-21-34)30(3)26-29(2)28-45(7,52-11)41(56-44-39(48)37(47(9)10)27-31(4)53-44)32(5)40(33(6)42(49)54-38)55-43(50)35-23-17-14-18-24-35/h13-24,26,29,31-33,36-41,44,48,51H,12,25,27-28H2,1-11H3/b22-19+,30-26-/t29-,31+,32-,33+,36+,37-,38+,39+,40+,41+,44-,45+,46-/m0/s1. The van der Waals surface area contributed by atoms with Gasteiger partial charge in [0.15, 0.2) is 6.29 Å². The van der Waals surface area contributed by atoms with Gasteiger partial charge in [0.1, 0.15) is 23.9 Å². The number of aliphatic hydroxyl groups is 2. The van der Waals surface area contributed by atoms with Gasteiger partial charge in [-0.3, -0.25) is 4.79 Å². The number of benzene rings is 2.